The molecule has 1 aliphatic rings. The highest BCUT2D eigenvalue weighted by Gasteiger charge is 2.37. The van der Waals surface area contributed by atoms with Gasteiger partial charge in [0.05, 0.1) is 33.3 Å². The number of aromatic nitrogens is 2. The van der Waals surface area contributed by atoms with E-state index in [-0.39, 0.29) is 11.8 Å². The molecule has 0 atom stereocenters. The van der Waals surface area contributed by atoms with Gasteiger partial charge < -0.3 is 9.45 Å². The molecule has 3 aromatic rings. The van der Waals surface area contributed by atoms with Crippen molar-refractivity contribution in [3.05, 3.63) is 75.7 Å². The van der Waals surface area contributed by atoms with Crippen molar-refractivity contribution in [2.75, 3.05) is 17.7 Å². The molecule has 9 heteroatoms. The van der Waals surface area contributed by atoms with E-state index in [1.54, 1.807) is 6.07 Å². The molecule has 0 fully saturated rings. The summed E-state index contributed by atoms with van der Waals surface area (Å²) in [7, 11) is -2.22. The standard InChI is InChI=1S/C26H29Cl2N3O3S/c1-5-30-22-16-19(27)20(28)17-23(22)31(14-9-15-35(32,33)34)25(30)13-8-12-24-26(2,3)18-10-6-7-11-21(18)29(24)4/h6-8,10-13,16-17H,5,9,14-15H2,1-4H3. The quantitative estimate of drug-likeness (QED) is 0.296. The first-order valence-corrected chi connectivity index (χ1v) is 13.9. The molecule has 2 heterocycles. The first-order valence-electron chi connectivity index (χ1n) is 11.5. The first-order chi connectivity index (χ1) is 16.5. The average molecular weight is 535 g/mol. The van der Waals surface area contributed by atoms with Crippen LogP contribution in [0.4, 0.5) is 5.69 Å². The first kappa shape index (κ1) is 25.8. The summed E-state index contributed by atoms with van der Waals surface area (Å²) in [5, 5.41) is 0.868. The lowest BCUT2D eigenvalue weighted by molar-refractivity contribution is -0.673. The third-order valence-corrected chi connectivity index (χ3v) is 8.20. The summed E-state index contributed by atoms with van der Waals surface area (Å²) in [6.07, 6.45) is 6.34. The molecule has 4 rings (SSSR count). The number of halogens is 2. The lowest BCUT2D eigenvalue weighted by atomic mass is 9.84. The fourth-order valence-corrected chi connectivity index (χ4v) is 5.82. The number of nitrogens with zero attached hydrogens (tertiary/aromatic N) is 3. The highest BCUT2D eigenvalue weighted by atomic mass is 35.5. The maximum Gasteiger partial charge on any atom is 0.282 e. The van der Waals surface area contributed by atoms with Crippen molar-refractivity contribution in [2.24, 2.45) is 0 Å². The van der Waals surface area contributed by atoms with Gasteiger partial charge in [-0.15, -0.1) is 0 Å². The highest BCUT2D eigenvalue weighted by molar-refractivity contribution is 7.85. The number of benzene rings is 2. The molecule has 0 saturated carbocycles. The molecule has 0 radical (unpaired) electrons. The summed E-state index contributed by atoms with van der Waals surface area (Å²) in [6.45, 7) is 7.50. The SMILES string of the molecule is CCn1c(/C=C/C=C2/N(C)c3ccccc3C2(C)C)[n+](CCCS(=O)(=O)[O-])c2cc(Cl)c(Cl)cc21. The molecule has 0 bridgehead atoms. The molecule has 0 saturated heterocycles. The predicted octanol–water partition coefficient (Wildman–Crippen LogP) is 5.52. The van der Waals surface area contributed by atoms with Crippen LogP contribution in [0.25, 0.3) is 17.1 Å². The monoisotopic (exact) mass is 533 g/mol. The van der Waals surface area contributed by atoms with Crippen LogP contribution in [0.15, 0.2) is 54.2 Å². The van der Waals surface area contributed by atoms with E-state index in [9.17, 15) is 13.0 Å². The summed E-state index contributed by atoms with van der Waals surface area (Å²) in [4.78, 5) is 2.21. The molecule has 0 amide bonds. The average Bonchev–Trinajstić information content (AvgIpc) is 3.17. The Morgan fingerprint density at radius 2 is 1.83 bits per heavy atom. The lowest BCUT2D eigenvalue weighted by Gasteiger charge is -2.23. The number of allylic oxidation sites excluding steroid dienone is 3. The zero-order valence-electron chi connectivity index (χ0n) is 20.3. The Morgan fingerprint density at radius 1 is 1.14 bits per heavy atom. The van der Waals surface area contributed by atoms with Crippen molar-refractivity contribution in [3.63, 3.8) is 0 Å². The fourth-order valence-electron chi connectivity index (χ4n) is 5.02. The van der Waals surface area contributed by atoms with Gasteiger partial charge in [-0.3, -0.25) is 0 Å². The van der Waals surface area contributed by atoms with E-state index in [4.69, 9.17) is 23.2 Å². The zero-order chi connectivity index (χ0) is 25.5. The Labute approximate surface area is 216 Å². The minimum atomic E-state index is -4.30. The highest BCUT2D eigenvalue weighted by Crippen LogP contribution is 2.46. The van der Waals surface area contributed by atoms with Crippen LogP contribution >= 0.6 is 23.2 Å². The smallest absolute Gasteiger partial charge is 0.282 e. The topological polar surface area (TPSA) is 69.2 Å². The van der Waals surface area contributed by atoms with E-state index in [1.165, 1.54) is 16.9 Å². The van der Waals surface area contributed by atoms with Crippen molar-refractivity contribution in [1.29, 1.82) is 0 Å². The van der Waals surface area contributed by atoms with Crippen molar-refractivity contribution >= 4 is 56.1 Å². The Kier molecular flexibility index (Phi) is 7.08. The molecule has 0 spiro atoms. The van der Waals surface area contributed by atoms with Gasteiger partial charge in [0.15, 0.2) is 11.0 Å². The summed E-state index contributed by atoms with van der Waals surface area (Å²) in [5.41, 5.74) is 5.23. The number of likely N-dealkylation sites (N-methyl/N-ethyl adjacent to an activating group) is 1. The minimum Gasteiger partial charge on any atom is -0.748 e. The van der Waals surface area contributed by atoms with E-state index in [0.29, 0.717) is 23.1 Å². The lowest BCUT2D eigenvalue weighted by Crippen LogP contribution is -2.37. The van der Waals surface area contributed by atoms with Crippen LogP contribution in [-0.2, 0) is 28.6 Å². The Morgan fingerprint density at radius 3 is 2.49 bits per heavy atom. The Bertz CT molecular complexity index is 1460. The third kappa shape index (κ3) is 4.87. The van der Waals surface area contributed by atoms with Gasteiger partial charge in [0.25, 0.3) is 5.82 Å². The predicted molar refractivity (Wildman–Crippen MR) is 142 cm³/mol. The number of aryl methyl sites for hydroxylation is 2. The number of para-hydroxylation sites is 1. The summed E-state index contributed by atoms with van der Waals surface area (Å²) in [5.74, 6) is 0.446. The van der Waals surface area contributed by atoms with Gasteiger partial charge in [0, 0.05) is 47.8 Å². The number of hydrogen-bond acceptors (Lipinski definition) is 4. The van der Waals surface area contributed by atoms with Crippen LogP contribution in [0, 0.1) is 0 Å². The largest absolute Gasteiger partial charge is 0.748 e. The Balaban J connectivity index is 1.79. The van der Waals surface area contributed by atoms with Crippen LogP contribution in [0.5, 0.6) is 0 Å². The van der Waals surface area contributed by atoms with Crippen molar-refractivity contribution in [2.45, 2.75) is 45.7 Å². The fraction of sp³-hybridized carbons (Fsp3) is 0.346. The number of rotatable bonds is 7. The number of fused-ring (bicyclic) bond motifs is 2. The van der Waals surface area contributed by atoms with Crippen LogP contribution in [0.2, 0.25) is 10.0 Å². The van der Waals surface area contributed by atoms with Gasteiger partial charge in [-0.1, -0.05) is 61.3 Å². The van der Waals surface area contributed by atoms with E-state index in [0.717, 1.165) is 16.9 Å². The molecule has 186 valence electrons. The van der Waals surface area contributed by atoms with Gasteiger partial charge in [0.1, 0.15) is 0 Å². The van der Waals surface area contributed by atoms with E-state index in [1.807, 2.05) is 35.8 Å². The molecule has 1 aromatic heterocycles. The normalized spacial score (nSPS) is 16.7. The van der Waals surface area contributed by atoms with Gasteiger partial charge in [0.2, 0.25) is 0 Å². The molecule has 0 aliphatic carbocycles. The van der Waals surface area contributed by atoms with E-state index in [2.05, 4.69) is 54.6 Å². The molecule has 2 aromatic carbocycles. The van der Waals surface area contributed by atoms with Crippen LogP contribution < -0.4 is 9.47 Å². The van der Waals surface area contributed by atoms with Crippen LogP contribution in [0.1, 0.15) is 38.6 Å². The van der Waals surface area contributed by atoms with Crippen LogP contribution in [-0.4, -0.2) is 30.3 Å². The maximum atomic E-state index is 11.2. The molecule has 6 nitrogen and oxygen atoms in total. The second-order valence-corrected chi connectivity index (χ2v) is 11.6. The molecule has 1 aliphatic heterocycles. The van der Waals surface area contributed by atoms with Gasteiger partial charge in [-0.25, -0.2) is 17.6 Å². The second kappa shape index (κ2) is 9.62. The van der Waals surface area contributed by atoms with Gasteiger partial charge in [-0.2, -0.15) is 0 Å². The van der Waals surface area contributed by atoms with Crippen molar-refractivity contribution in [3.8, 4) is 0 Å². The summed E-state index contributed by atoms with van der Waals surface area (Å²) in [6, 6.07) is 12.0. The van der Waals surface area contributed by atoms with Gasteiger partial charge in [-0.05, 0) is 31.1 Å². The number of anilines is 1. The van der Waals surface area contributed by atoms with Crippen LogP contribution in [0.3, 0.4) is 0 Å². The summed E-state index contributed by atoms with van der Waals surface area (Å²) >= 11 is 12.6. The molecule has 0 unspecified atom stereocenters. The molecular weight excluding hydrogens is 505 g/mol. The van der Waals surface area contributed by atoms with E-state index < -0.39 is 15.9 Å². The minimum absolute atomic E-state index is 0.146. The number of hydrogen-bond donors (Lipinski definition) is 0. The number of imidazole rings is 1. The molecule has 35 heavy (non-hydrogen) atoms. The zero-order valence-corrected chi connectivity index (χ0v) is 22.6. The molecular formula is C26H29Cl2N3O3S. The molecule has 0 N–H and O–H groups in total. The van der Waals surface area contributed by atoms with Crippen molar-refractivity contribution in [1.82, 2.24) is 4.57 Å². The maximum absolute atomic E-state index is 11.2. The van der Waals surface area contributed by atoms with E-state index >= 15 is 0 Å². The van der Waals surface area contributed by atoms with Gasteiger partial charge >= 0.3 is 0 Å². The van der Waals surface area contributed by atoms with Crippen molar-refractivity contribution < 1.29 is 17.5 Å². The summed E-state index contributed by atoms with van der Waals surface area (Å²) < 4.78 is 37.7. The third-order valence-electron chi connectivity index (χ3n) is 6.68. The second-order valence-electron chi connectivity index (χ2n) is 9.24. The Hall–Kier alpha value is -2.32.